The Morgan fingerprint density at radius 2 is 1.73 bits per heavy atom. The van der Waals surface area contributed by atoms with Crippen molar-refractivity contribution in [1.29, 1.82) is 0 Å². The number of carbonyl (C=O) groups excluding carboxylic acids is 2. The van der Waals surface area contributed by atoms with Crippen molar-refractivity contribution in [3.8, 4) is 5.75 Å². The van der Waals surface area contributed by atoms with Crippen molar-refractivity contribution >= 4 is 46.8 Å². The average molecular weight is 470 g/mol. The van der Waals surface area contributed by atoms with Crippen LogP contribution in [0.1, 0.15) is 17.2 Å². The van der Waals surface area contributed by atoms with Crippen LogP contribution in [-0.2, 0) is 16.1 Å². The van der Waals surface area contributed by atoms with Crippen molar-refractivity contribution in [2.75, 3.05) is 6.61 Å². The number of para-hydroxylation sites is 1. The van der Waals surface area contributed by atoms with Gasteiger partial charge in [0.15, 0.2) is 0 Å². The van der Waals surface area contributed by atoms with Gasteiger partial charge in [0.1, 0.15) is 24.9 Å². The molecule has 1 heterocycles. The maximum Gasteiger partial charge on any atom is 0.319 e. The van der Waals surface area contributed by atoms with Crippen LogP contribution in [0.4, 0.5) is 4.79 Å². The molecule has 1 aliphatic rings. The lowest BCUT2D eigenvalue weighted by Gasteiger charge is -2.34. The number of rotatable bonds is 6. The number of ether oxygens (including phenoxy) is 2. The molecule has 1 fully saturated rings. The Kier molecular flexibility index (Phi) is 7.13. The zero-order valence-electron chi connectivity index (χ0n) is 15.7. The molecule has 0 bridgehead atoms. The van der Waals surface area contributed by atoms with E-state index in [1.807, 2.05) is 30.3 Å². The highest BCUT2D eigenvalue weighted by molar-refractivity contribution is 6.67. The molecular weight excluding hydrogens is 451 g/mol. The highest BCUT2D eigenvalue weighted by Crippen LogP contribution is 2.36. The Bertz CT molecular complexity index is 931. The minimum Gasteiger partial charge on any atom is -0.489 e. The fraction of sp³-hybridized carbons (Fsp3) is 0.238. The SMILES string of the molecule is C=C1NC(=O)NC(c2ccccc2OCc2ccccc2)C1C(=O)OCC(Cl)(Cl)Cl. The molecule has 6 nitrogen and oxygen atoms in total. The van der Waals surface area contributed by atoms with E-state index in [0.29, 0.717) is 17.9 Å². The molecule has 1 saturated heterocycles. The van der Waals surface area contributed by atoms with Crippen LogP contribution in [0.25, 0.3) is 0 Å². The summed E-state index contributed by atoms with van der Waals surface area (Å²) in [5.74, 6) is -1.13. The van der Waals surface area contributed by atoms with Crippen molar-refractivity contribution in [1.82, 2.24) is 10.6 Å². The molecule has 3 rings (SSSR count). The zero-order valence-corrected chi connectivity index (χ0v) is 18.0. The number of urea groups is 1. The van der Waals surface area contributed by atoms with E-state index in [0.717, 1.165) is 5.56 Å². The third-order valence-electron chi connectivity index (χ3n) is 4.39. The van der Waals surface area contributed by atoms with E-state index in [2.05, 4.69) is 17.2 Å². The lowest BCUT2D eigenvalue weighted by atomic mass is 9.88. The maximum atomic E-state index is 12.7. The summed E-state index contributed by atoms with van der Waals surface area (Å²) in [5.41, 5.74) is 1.75. The molecule has 158 valence electrons. The van der Waals surface area contributed by atoms with E-state index >= 15 is 0 Å². The summed E-state index contributed by atoms with van der Waals surface area (Å²) >= 11 is 17.0. The Balaban J connectivity index is 1.86. The van der Waals surface area contributed by atoms with E-state index in [9.17, 15) is 9.59 Å². The first-order chi connectivity index (χ1) is 14.2. The second-order valence-corrected chi connectivity index (χ2v) is 9.13. The Morgan fingerprint density at radius 1 is 1.07 bits per heavy atom. The molecule has 2 aromatic rings. The number of halogens is 3. The van der Waals surface area contributed by atoms with Crippen LogP contribution in [0.15, 0.2) is 66.9 Å². The molecule has 2 amide bonds. The molecule has 9 heteroatoms. The van der Waals surface area contributed by atoms with Gasteiger partial charge >= 0.3 is 12.0 Å². The average Bonchev–Trinajstić information content (AvgIpc) is 2.70. The van der Waals surface area contributed by atoms with Crippen molar-refractivity contribution in [2.45, 2.75) is 16.4 Å². The van der Waals surface area contributed by atoms with Gasteiger partial charge in [-0.15, -0.1) is 0 Å². The fourth-order valence-corrected chi connectivity index (χ4v) is 3.23. The lowest BCUT2D eigenvalue weighted by Crippen LogP contribution is -2.51. The van der Waals surface area contributed by atoms with Gasteiger partial charge in [0.25, 0.3) is 0 Å². The number of hydrogen-bond acceptors (Lipinski definition) is 4. The first-order valence-corrected chi connectivity index (χ1v) is 10.1. The molecule has 2 N–H and O–H groups in total. The van der Waals surface area contributed by atoms with Gasteiger partial charge in [-0.1, -0.05) is 89.9 Å². The molecule has 0 radical (unpaired) electrons. The monoisotopic (exact) mass is 468 g/mol. The summed E-state index contributed by atoms with van der Waals surface area (Å²) in [6.07, 6.45) is 0. The maximum absolute atomic E-state index is 12.7. The minimum absolute atomic E-state index is 0.177. The van der Waals surface area contributed by atoms with Crippen molar-refractivity contribution < 1.29 is 19.1 Å². The summed E-state index contributed by atoms with van der Waals surface area (Å²) in [6.45, 7) is 3.68. The van der Waals surface area contributed by atoms with Gasteiger partial charge in [-0.25, -0.2) is 4.79 Å². The number of esters is 1. The predicted molar refractivity (Wildman–Crippen MR) is 116 cm³/mol. The summed E-state index contributed by atoms with van der Waals surface area (Å²) < 4.78 is 9.36. The normalized spacial score (nSPS) is 18.9. The molecule has 0 aromatic heterocycles. The number of hydrogen-bond donors (Lipinski definition) is 2. The Hall–Kier alpha value is -2.41. The molecule has 2 aromatic carbocycles. The van der Waals surface area contributed by atoms with Crippen LogP contribution in [0, 0.1) is 5.92 Å². The lowest BCUT2D eigenvalue weighted by molar-refractivity contribution is -0.148. The van der Waals surface area contributed by atoms with Crippen LogP contribution < -0.4 is 15.4 Å². The van der Waals surface area contributed by atoms with Gasteiger partial charge in [-0.3, -0.25) is 4.79 Å². The predicted octanol–water partition coefficient (Wildman–Crippen LogP) is 4.66. The first-order valence-electron chi connectivity index (χ1n) is 9.00. The minimum atomic E-state index is -1.76. The van der Waals surface area contributed by atoms with Gasteiger partial charge in [-0.05, 0) is 11.6 Å². The molecule has 0 aliphatic carbocycles. The third-order valence-corrected chi connectivity index (χ3v) is 4.72. The number of carbonyl (C=O) groups is 2. The quantitative estimate of drug-likeness (QED) is 0.476. The molecule has 0 saturated carbocycles. The zero-order chi connectivity index (χ0) is 21.7. The summed E-state index contributed by atoms with van der Waals surface area (Å²) in [4.78, 5) is 24.8. The van der Waals surface area contributed by atoms with E-state index in [4.69, 9.17) is 44.3 Å². The van der Waals surface area contributed by atoms with E-state index < -0.39 is 34.4 Å². The number of nitrogens with one attached hydrogen (secondary N) is 2. The van der Waals surface area contributed by atoms with Gasteiger partial charge in [0.2, 0.25) is 3.79 Å². The highest BCUT2D eigenvalue weighted by Gasteiger charge is 2.41. The van der Waals surface area contributed by atoms with Gasteiger partial charge in [0.05, 0.1) is 6.04 Å². The van der Waals surface area contributed by atoms with Crippen molar-refractivity contribution in [3.63, 3.8) is 0 Å². The van der Waals surface area contributed by atoms with Crippen LogP contribution in [0.3, 0.4) is 0 Å². The first kappa shape index (κ1) is 22.3. The van der Waals surface area contributed by atoms with Gasteiger partial charge < -0.3 is 20.1 Å². The van der Waals surface area contributed by atoms with Crippen LogP contribution in [0.5, 0.6) is 5.75 Å². The standard InChI is InChI=1S/C21H19Cl3N2O4/c1-13-17(19(27)30-12-21(22,23)24)18(26-20(28)25-13)15-9-5-6-10-16(15)29-11-14-7-3-2-4-8-14/h2-10,17-18H,1,11-12H2,(H2,25,26,28). The number of benzene rings is 2. The number of amides is 2. The summed E-state index contributed by atoms with van der Waals surface area (Å²) in [6, 6.07) is 15.5. The largest absolute Gasteiger partial charge is 0.489 e. The second-order valence-electron chi connectivity index (χ2n) is 6.61. The fourth-order valence-electron chi connectivity index (χ4n) is 3.07. The van der Waals surface area contributed by atoms with Gasteiger partial charge in [0, 0.05) is 11.3 Å². The highest BCUT2D eigenvalue weighted by atomic mass is 35.6. The third kappa shape index (κ3) is 5.81. The molecule has 30 heavy (non-hydrogen) atoms. The molecule has 2 unspecified atom stereocenters. The number of alkyl halides is 3. The van der Waals surface area contributed by atoms with Crippen molar-refractivity contribution in [2.24, 2.45) is 5.92 Å². The van der Waals surface area contributed by atoms with E-state index in [-0.39, 0.29) is 5.70 Å². The topological polar surface area (TPSA) is 76.7 Å². The molecule has 1 aliphatic heterocycles. The van der Waals surface area contributed by atoms with Crippen LogP contribution in [0.2, 0.25) is 0 Å². The van der Waals surface area contributed by atoms with E-state index in [1.54, 1.807) is 24.3 Å². The summed E-state index contributed by atoms with van der Waals surface area (Å²) in [7, 11) is 0. The smallest absolute Gasteiger partial charge is 0.319 e. The molecular formula is C21H19Cl3N2O4. The second kappa shape index (κ2) is 9.60. The van der Waals surface area contributed by atoms with Crippen molar-refractivity contribution in [3.05, 3.63) is 78.0 Å². The van der Waals surface area contributed by atoms with Crippen LogP contribution >= 0.6 is 34.8 Å². The van der Waals surface area contributed by atoms with Crippen LogP contribution in [-0.4, -0.2) is 22.4 Å². The molecule has 0 spiro atoms. The van der Waals surface area contributed by atoms with E-state index in [1.165, 1.54) is 0 Å². The van der Waals surface area contributed by atoms with Gasteiger partial charge in [-0.2, -0.15) is 0 Å². The molecule has 2 atom stereocenters. The Labute approximate surface area is 189 Å². The Morgan fingerprint density at radius 3 is 2.43 bits per heavy atom. The summed E-state index contributed by atoms with van der Waals surface area (Å²) in [5, 5.41) is 5.24.